The summed E-state index contributed by atoms with van der Waals surface area (Å²) >= 11 is 0. The van der Waals surface area contributed by atoms with Gasteiger partial charge in [0.15, 0.2) is 0 Å². The number of carboxylic acid groups (broad SMARTS) is 1. The Morgan fingerprint density at radius 2 is 1.79 bits per heavy atom. The van der Waals surface area contributed by atoms with E-state index in [1.165, 1.54) is 0 Å². The van der Waals surface area contributed by atoms with Crippen LogP contribution < -0.4 is 5.30 Å². The Labute approximate surface area is 83.1 Å². The molecule has 0 bridgehead atoms. The van der Waals surface area contributed by atoms with E-state index in [4.69, 9.17) is 5.11 Å². The molecule has 0 saturated carbocycles. The molecule has 0 aliphatic heterocycles. The molecule has 76 valence electrons. The van der Waals surface area contributed by atoms with Crippen molar-refractivity contribution in [3.63, 3.8) is 0 Å². The third kappa shape index (κ3) is 3.00. The van der Waals surface area contributed by atoms with E-state index in [1.54, 1.807) is 37.6 Å². The van der Waals surface area contributed by atoms with Gasteiger partial charge in [0.25, 0.3) is 0 Å². The Kier molecular flexibility index (Phi) is 3.12. The standard InChI is InChI=1S/C10H13O3P/c1-14(2,13)9-5-3-8(4-6-9)7-10(11)12/h3-6H,7H2,1-2H3,(H,11,12). The predicted molar refractivity (Wildman–Crippen MR) is 56.9 cm³/mol. The van der Waals surface area contributed by atoms with Gasteiger partial charge in [0, 0.05) is 5.30 Å². The number of rotatable bonds is 3. The largest absolute Gasteiger partial charge is 0.481 e. The van der Waals surface area contributed by atoms with Crippen molar-refractivity contribution >= 4 is 18.4 Å². The first kappa shape index (κ1) is 11.0. The molecule has 0 aliphatic rings. The van der Waals surface area contributed by atoms with Gasteiger partial charge in [0.05, 0.1) is 6.42 Å². The second-order valence-electron chi connectivity index (χ2n) is 3.59. The lowest BCUT2D eigenvalue weighted by Gasteiger charge is -2.06. The first-order valence-electron chi connectivity index (χ1n) is 4.26. The van der Waals surface area contributed by atoms with Crippen LogP contribution in [0.5, 0.6) is 0 Å². The monoisotopic (exact) mass is 212 g/mol. The highest BCUT2D eigenvalue weighted by Gasteiger charge is 2.10. The maximum absolute atomic E-state index is 11.6. The predicted octanol–water partition coefficient (Wildman–Crippen LogP) is 1.56. The maximum Gasteiger partial charge on any atom is 0.307 e. The average Bonchev–Trinajstić information content (AvgIpc) is 2.02. The zero-order chi connectivity index (χ0) is 10.8. The Balaban J connectivity index is 2.89. The molecule has 14 heavy (non-hydrogen) atoms. The van der Waals surface area contributed by atoms with Crippen LogP contribution in [-0.4, -0.2) is 24.4 Å². The van der Waals surface area contributed by atoms with Crippen molar-refractivity contribution in [2.24, 2.45) is 0 Å². The van der Waals surface area contributed by atoms with Crippen LogP contribution in [0.2, 0.25) is 0 Å². The zero-order valence-electron chi connectivity index (χ0n) is 8.23. The molecule has 1 aromatic rings. The van der Waals surface area contributed by atoms with Crippen LogP contribution in [0.1, 0.15) is 5.56 Å². The van der Waals surface area contributed by atoms with Crippen LogP contribution in [0.3, 0.4) is 0 Å². The van der Waals surface area contributed by atoms with E-state index < -0.39 is 13.1 Å². The third-order valence-corrected chi connectivity index (χ3v) is 3.46. The smallest absolute Gasteiger partial charge is 0.307 e. The van der Waals surface area contributed by atoms with E-state index in [9.17, 15) is 9.36 Å². The van der Waals surface area contributed by atoms with E-state index in [-0.39, 0.29) is 6.42 Å². The van der Waals surface area contributed by atoms with Crippen LogP contribution in [-0.2, 0) is 15.8 Å². The molecule has 0 radical (unpaired) electrons. The first-order chi connectivity index (χ1) is 6.39. The molecule has 4 heteroatoms. The Morgan fingerprint density at radius 3 is 2.14 bits per heavy atom. The summed E-state index contributed by atoms with van der Waals surface area (Å²) in [5.41, 5.74) is 0.731. The van der Waals surface area contributed by atoms with Gasteiger partial charge in [0.1, 0.15) is 7.14 Å². The Bertz CT molecular complexity index is 375. The van der Waals surface area contributed by atoms with Crippen molar-refractivity contribution in [3.05, 3.63) is 29.8 Å². The van der Waals surface area contributed by atoms with E-state index >= 15 is 0 Å². The van der Waals surface area contributed by atoms with Crippen molar-refractivity contribution in [2.45, 2.75) is 6.42 Å². The lowest BCUT2D eigenvalue weighted by atomic mass is 10.2. The molecule has 1 aromatic carbocycles. The summed E-state index contributed by atoms with van der Waals surface area (Å²) in [6.45, 7) is 3.39. The number of hydrogen-bond donors (Lipinski definition) is 1. The molecule has 3 nitrogen and oxygen atoms in total. The second kappa shape index (κ2) is 3.97. The topological polar surface area (TPSA) is 54.4 Å². The van der Waals surface area contributed by atoms with Gasteiger partial charge in [-0.2, -0.15) is 0 Å². The molecule has 1 N–H and O–H groups in total. The maximum atomic E-state index is 11.6. The molecule has 0 fully saturated rings. The van der Waals surface area contributed by atoms with Crippen molar-refractivity contribution < 1.29 is 14.5 Å². The fourth-order valence-corrected chi connectivity index (χ4v) is 2.01. The molecule has 0 atom stereocenters. The SMILES string of the molecule is CP(C)(=O)c1ccc(CC(=O)O)cc1. The molecule has 0 unspecified atom stereocenters. The van der Waals surface area contributed by atoms with E-state index in [1.807, 2.05) is 0 Å². The minimum Gasteiger partial charge on any atom is -0.481 e. The van der Waals surface area contributed by atoms with E-state index in [0.29, 0.717) is 0 Å². The number of hydrogen-bond acceptors (Lipinski definition) is 2. The fourth-order valence-electron chi connectivity index (χ4n) is 1.15. The van der Waals surface area contributed by atoms with Crippen molar-refractivity contribution in [1.29, 1.82) is 0 Å². The first-order valence-corrected chi connectivity index (χ1v) is 6.86. The minimum atomic E-state index is -2.22. The molecule has 0 saturated heterocycles. The molecule has 1 rings (SSSR count). The zero-order valence-corrected chi connectivity index (χ0v) is 9.12. The Morgan fingerprint density at radius 1 is 1.29 bits per heavy atom. The Hall–Kier alpha value is -1.08. The van der Waals surface area contributed by atoms with Gasteiger partial charge in [-0.3, -0.25) is 4.79 Å². The summed E-state index contributed by atoms with van der Waals surface area (Å²) in [6, 6.07) is 6.89. The highest BCUT2D eigenvalue weighted by atomic mass is 31.2. The van der Waals surface area contributed by atoms with Gasteiger partial charge in [-0.15, -0.1) is 0 Å². The summed E-state index contributed by atoms with van der Waals surface area (Å²) in [5, 5.41) is 9.33. The summed E-state index contributed by atoms with van der Waals surface area (Å²) in [5.74, 6) is -0.853. The lowest BCUT2D eigenvalue weighted by Crippen LogP contribution is -2.05. The fraction of sp³-hybridized carbons (Fsp3) is 0.300. The van der Waals surface area contributed by atoms with Gasteiger partial charge in [-0.25, -0.2) is 0 Å². The summed E-state index contributed by atoms with van der Waals surface area (Å²) in [4.78, 5) is 10.4. The van der Waals surface area contributed by atoms with E-state index in [2.05, 4.69) is 0 Å². The second-order valence-corrected chi connectivity index (χ2v) is 6.81. The average molecular weight is 212 g/mol. The van der Waals surface area contributed by atoms with Crippen LogP contribution in [0.25, 0.3) is 0 Å². The van der Waals surface area contributed by atoms with Crippen molar-refractivity contribution in [3.8, 4) is 0 Å². The highest BCUT2D eigenvalue weighted by molar-refractivity contribution is 7.70. The molecular weight excluding hydrogens is 199 g/mol. The van der Waals surface area contributed by atoms with Crippen LogP contribution in [0, 0.1) is 0 Å². The van der Waals surface area contributed by atoms with Crippen LogP contribution in [0.15, 0.2) is 24.3 Å². The third-order valence-electron chi connectivity index (χ3n) is 1.91. The normalized spacial score (nSPS) is 11.3. The lowest BCUT2D eigenvalue weighted by molar-refractivity contribution is -0.136. The minimum absolute atomic E-state index is 0.0119. The van der Waals surface area contributed by atoms with Crippen molar-refractivity contribution in [2.75, 3.05) is 13.3 Å². The highest BCUT2D eigenvalue weighted by Crippen LogP contribution is 2.34. The van der Waals surface area contributed by atoms with Crippen LogP contribution in [0.4, 0.5) is 0 Å². The molecule has 0 heterocycles. The summed E-state index contributed by atoms with van der Waals surface area (Å²) < 4.78 is 11.6. The molecule has 0 spiro atoms. The van der Waals surface area contributed by atoms with E-state index in [0.717, 1.165) is 10.9 Å². The van der Waals surface area contributed by atoms with Gasteiger partial charge in [-0.1, -0.05) is 24.3 Å². The summed E-state index contributed by atoms with van der Waals surface area (Å²) in [7, 11) is -2.22. The van der Waals surface area contributed by atoms with Crippen molar-refractivity contribution in [1.82, 2.24) is 0 Å². The number of carbonyl (C=O) groups is 1. The quantitative estimate of drug-likeness (QED) is 0.773. The van der Waals surface area contributed by atoms with Gasteiger partial charge in [0.2, 0.25) is 0 Å². The number of benzene rings is 1. The number of aliphatic carboxylic acids is 1. The van der Waals surface area contributed by atoms with Gasteiger partial charge >= 0.3 is 5.97 Å². The van der Waals surface area contributed by atoms with Gasteiger partial charge < -0.3 is 9.67 Å². The molecule has 0 amide bonds. The molecular formula is C10H13O3P. The number of carboxylic acids is 1. The summed E-state index contributed by atoms with van der Waals surface area (Å²) in [6.07, 6.45) is 0.0119. The van der Waals surface area contributed by atoms with Gasteiger partial charge in [-0.05, 0) is 18.9 Å². The molecule has 0 aromatic heterocycles. The van der Waals surface area contributed by atoms with Crippen LogP contribution >= 0.6 is 7.14 Å². The molecule has 0 aliphatic carbocycles.